The minimum absolute atomic E-state index is 0.107. The van der Waals surface area contributed by atoms with Crippen LogP contribution in [0.1, 0.15) is 56.0 Å². The molecule has 1 fully saturated rings. The first-order chi connectivity index (χ1) is 20.9. The number of aliphatic carboxylic acids is 1. The van der Waals surface area contributed by atoms with Crippen molar-refractivity contribution in [2.24, 2.45) is 5.92 Å². The van der Waals surface area contributed by atoms with Gasteiger partial charge in [0.15, 0.2) is 0 Å². The zero-order valence-electron chi connectivity index (χ0n) is 24.4. The number of carboxylic acid groups (broad SMARTS) is 1. The second kappa shape index (κ2) is 14.9. The Bertz CT molecular complexity index is 1490. The zero-order valence-corrected chi connectivity index (χ0v) is 26.8. The van der Waals surface area contributed by atoms with E-state index in [4.69, 9.17) is 27.9 Å². The van der Waals surface area contributed by atoms with Crippen LogP contribution in [0.2, 0.25) is 10.0 Å². The molecular weight excluding hydrogens is 630 g/mol. The number of hydrogen-bond donors (Lipinski definition) is 1. The molecule has 6 atom stereocenters. The van der Waals surface area contributed by atoms with Gasteiger partial charge in [0.05, 0.1) is 12.5 Å². The predicted octanol–water partition coefficient (Wildman–Crippen LogP) is 6.37. The molecule has 236 valence electrons. The van der Waals surface area contributed by atoms with Gasteiger partial charge in [0.2, 0.25) is 0 Å². The Labute approximate surface area is 269 Å². The largest absolute Gasteiger partial charge is 0.760 e. The van der Waals surface area contributed by atoms with Crippen LogP contribution in [0, 0.1) is 11.7 Å². The smallest absolute Gasteiger partial charge is 0.306 e. The van der Waals surface area contributed by atoms with E-state index in [9.17, 15) is 27.8 Å². The summed E-state index contributed by atoms with van der Waals surface area (Å²) in [4.78, 5) is 27.6. The van der Waals surface area contributed by atoms with Crippen molar-refractivity contribution in [1.82, 2.24) is 9.21 Å². The normalized spacial score (nSPS) is 21.0. The van der Waals surface area contributed by atoms with Crippen molar-refractivity contribution >= 4 is 46.3 Å². The summed E-state index contributed by atoms with van der Waals surface area (Å²) in [5.41, 5.74) is 1.63. The molecule has 0 bridgehead atoms. The lowest BCUT2D eigenvalue weighted by molar-refractivity contribution is -0.185. The van der Waals surface area contributed by atoms with Crippen molar-refractivity contribution in [2.45, 2.75) is 63.9 Å². The lowest BCUT2D eigenvalue weighted by Crippen LogP contribution is -2.59. The van der Waals surface area contributed by atoms with Crippen LogP contribution in [0.15, 0.2) is 72.8 Å². The maximum absolute atomic E-state index is 14.5. The second-order valence-corrected chi connectivity index (χ2v) is 13.0. The number of nitrogens with zero attached hydrogens (tertiary/aromatic N) is 2. The fourth-order valence-corrected chi connectivity index (χ4v) is 6.61. The molecule has 12 heteroatoms. The molecule has 2 unspecified atom stereocenters. The Balaban J connectivity index is 1.82. The molecule has 1 N–H and O–H groups in total. The highest BCUT2D eigenvalue weighted by molar-refractivity contribution is 7.76. The summed E-state index contributed by atoms with van der Waals surface area (Å²) in [5.74, 6) is -2.53. The van der Waals surface area contributed by atoms with Crippen LogP contribution in [0.3, 0.4) is 0 Å². The standard InChI is InChI=1S/C32H35Cl2FN2O6S/c1-19(2)27(18-36(44(41)42)20(3)15-22-7-4-5-10-26(22)35)37-30(21-11-13-24(33)14-12-21)31(23-8-6-9-25(34)16-23)43-28(32(37)40)17-29(38)39/h4-14,16,19-20,27-28,30-31H,15,17-18H2,1-3H3,(H,38,39)(H,41,42)/p-1/t20-,27?,28+,30+,31+/m0/s1. The predicted molar refractivity (Wildman–Crippen MR) is 166 cm³/mol. The number of benzene rings is 3. The molecule has 1 heterocycles. The van der Waals surface area contributed by atoms with Gasteiger partial charge in [-0.3, -0.25) is 13.8 Å². The molecule has 1 amide bonds. The fraction of sp³-hybridized carbons (Fsp3) is 0.375. The van der Waals surface area contributed by atoms with Crippen LogP contribution in [-0.2, 0) is 32.0 Å². The Morgan fingerprint density at radius 1 is 1.05 bits per heavy atom. The van der Waals surface area contributed by atoms with E-state index in [-0.39, 0.29) is 18.9 Å². The first kappa shape index (κ1) is 34.0. The molecule has 1 saturated heterocycles. The first-order valence-electron chi connectivity index (χ1n) is 14.2. The van der Waals surface area contributed by atoms with E-state index in [2.05, 4.69) is 0 Å². The van der Waals surface area contributed by atoms with Crippen LogP contribution in [0.5, 0.6) is 0 Å². The third kappa shape index (κ3) is 8.04. The number of carbonyl (C=O) groups is 2. The molecule has 0 radical (unpaired) electrons. The van der Waals surface area contributed by atoms with E-state index >= 15 is 0 Å². The molecule has 8 nitrogen and oxygen atoms in total. The molecular formula is C32H34Cl2FN2O6S-. The summed E-state index contributed by atoms with van der Waals surface area (Å²) in [7, 11) is 0. The average molecular weight is 665 g/mol. The minimum Gasteiger partial charge on any atom is -0.760 e. The Kier molecular flexibility index (Phi) is 11.6. The summed E-state index contributed by atoms with van der Waals surface area (Å²) in [6.07, 6.45) is -2.68. The average Bonchev–Trinajstić information content (AvgIpc) is 2.96. The molecule has 0 spiro atoms. The van der Waals surface area contributed by atoms with Crippen LogP contribution in [0.4, 0.5) is 4.39 Å². The number of carbonyl (C=O) groups excluding carboxylic acids is 1. The Morgan fingerprint density at radius 2 is 1.73 bits per heavy atom. The van der Waals surface area contributed by atoms with Crippen molar-refractivity contribution in [2.75, 3.05) is 6.54 Å². The molecule has 3 aromatic carbocycles. The highest BCUT2D eigenvalue weighted by Crippen LogP contribution is 2.45. The number of carboxylic acids is 1. The van der Waals surface area contributed by atoms with E-state index < -0.39 is 65.7 Å². The van der Waals surface area contributed by atoms with Gasteiger partial charge in [0.1, 0.15) is 18.0 Å². The molecule has 3 aromatic rings. The van der Waals surface area contributed by atoms with Crippen molar-refractivity contribution in [3.05, 3.63) is 105 Å². The van der Waals surface area contributed by atoms with Crippen molar-refractivity contribution in [3.63, 3.8) is 0 Å². The van der Waals surface area contributed by atoms with Gasteiger partial charge in [0, 0.05) is 39.9 Å². The number of halogens is 3. The lowest BCUT2D eigenvalue weighted by Gasteiger charge is -2.50. The van der Waals surface area contributed by atoms with Crippen LogP contribution in [-0.4, -0.2) is 59.7 Å². The second-order valence-electron chi connectivity index (χ2n) is 11.2. The fourth-order valence-electron chi connectivity index (χ4n) is 5.64. The monoisotopic (exact) mass is 663 g/mol. The molecule has 1 aliphatic heterocycles. The minimum atomic E-state index is -2.73. The van der Waals surface area contributed by atoms with Crippen molar-refractivity contribution < 1.29 is 32.6 Å². The van der Waals surface area contributed by atoms with Gasteiger partial charge in [-0.05, 0) is 66.3 Å². The lowest BCUT2D eigenvalue weighted by atomic mass is 9.87. The molecule has 0 saturated carbocycles. The van der Waals surface area contributed by atoms with Crippen molar-refractivity contribution in [1.29, 1.82) is 0 Å². The van der Waals surface area contributed by atoms with Crippen LogP contribution >= 0.6 is 23.2 Å². The van der Waals surface area contributed by atoms with Gasteiger partial charge >= 0.3 is 5.97 Å². The van der Waals surface area contributed by atoms with Crippen LogP contribution < -0.4 is 0 Å². The highest BCUT2D eigenvalue weighted by atomic mass is 35.5. The van der Waals surface area contributed by atoms with E-state index in [1.807, 2.05) is 13.8 Å². The van der Waals surface area contributed by atoms with E-state index in [0.29, 0.717) is 26.7 Å². The van der Waals surface area contributed by atoms with Crippen LogP contribution in [0.25, 0.3) is 0 Å². The Morgan fingerprint density at radius 3 is 2.32 bits per heavy atom. The van der Waals surface area contributed by atoms with Crippen molar-refractivity contribution in [3.8, 4) is 0 Å². The van der Waals surface area contributed by atoms with Gasteiger partial charge in [-0.2, -0.15) is 0 Å². The van der Waals surface area contributed by atoms with E-state index in [1.54, 1.807) is 78.6 Å². The SMILES string of the molecule is CC(C)C(CN([C@@H](C)Cc1ccccc1F)S(=O)[O-])N1C(=O)[C@@H](CC(=O)O)O[C@H](c2cccc(Cl)c2)[C@H]1c1ccc(Cl)cc1. The van der Waals surface area contributed by atoms with Gasteiger partial charge in [0.25, 0.3) is 5.91 Å². The third-order valence-electron chi connectivity index (χ3n) is 7.83. The summed E-state index contributed by atoms with van der Waals surface area (Å²) in [6, 6.07) is 17.8. The number of ether oxygens (including phenoxy) is 1. The molecule has 0 aliphatic carbocycles. The Hall–Kier alpha value is -2.86. The van der Waals surface area contributed by atoms with Gasteiger partial charge < -0.3 is 19.3 Å². The molecule has 44 heavy (non-hydrogen) atoms. The van der Waals surface area contributed by atoms with Gasteiger partial charge in [-0.25, -0.2) is 8.70 Å². The maximum atomic E-state index is 14.5. The zero-order chi connectivity index (χ0) is 32.1. The summed E-state index contributed by atoms with van der Waals surface area (Å²) in [6.45, 7) is 5.28. The number of amides is 1. The maximum Gasteiger partial charge on any atom is 0.306 e. The number of morpholine rings is 1. The number of hydrogen-bond acceptors (Lipinski definition) is 5. The third-order valence-corrected chi connectivity index (χ3v) is 9.21. The highest BCUT2D eigenvalue weighted by Gasteiger charge is 2.48. The molecule has 0 aromatic heterocycles. The molecule has 1 aliphatic rings. The topological polar surface area (TPSA) is 110 Å². The van der Waals surface area contributed by atoms with E-state index in [0.717, 1.165) is 0 Å². The summed E-state index contributed by atoms with van der Waals surface area (Å²) < 4.78 is 47.3. The van der Waals surface area contributed by atoms with Gasteiger partial charge in [-0.15, -0.1) is 0 Å². The first-order valence-corrected chi connectivity index (χ1v) is 16.0. The van der Waals surface area contributed by atoms with E-state index in [1.165, 1.54) is 10.4 Å². The summed E-state index contributed by atoms with van der Waals surface area (Å²) >= 11 is 9.82. The molecule has 4 rings (SSSR count). The van der Waals surface area contributed by atoms with Gasteiger partial charge in [-0.1, -0.05) is 79.5 Å². The quantitative estimate of drug-likeness (QED) is 0.226. The number of rotatable bonds is 12. The summed E-state index contributed by atoms with van der Waals surface area (Å²) in [5, 5.41) is 10.6.